The number of primary amides is 1. The van der Waals surface area contributed by atoms with Crippen molar-refractivity contribution in [2.75, 3.05) is 29.4 Å². The third kappa shape index (κ3) is 5.45. The van der Waals surface area contributed by atoms with Crippen molar-refractivity contribution in [1.82, 2.24) is 9.13 Å². The molecule has 1 aromatic heterocycles. The Bertz CT molecular complexity index is 1320. The number of nitrogens with zero attached hydrogens (tertiary/aromatic N) is 4. The number of fused-ring (bicyclic) bond motifs is 1. The number of hydrogen-bond acceptors (Lipinski definition) is 4. The Kier molecular flexibility index (Phi) is 7.91. The lowest BCUT2D eigenvalue weighted by Crippen LogP contribution is -2.41. The van der Waals surface area contributed by atoms with E-state index in [1.807, 2.05) is 26.0 Å². The molecule has 3 rings (SSSR count). The summed E-state index contributed by atoms with van der Waals surface area (Å²) in [5.74, 6) is -1.38. The summed E-state index contributed by atoms with van der Waals surface area (Å²) in [6.07, 6.45) is -3.22. The minimum atomic E-state index is -4.60. The van der Waals surface area contributed by atoms with Crippen LogP contribution in [0.3, 0.4) is 0 Å². The summed E-state index contributed by atoms with van der Waals surface area (Å²) in [4.78, 5) is 41.4. The zero-order valence-corrected chi connectivity index (χ0v) is 20.1. The van der Waals surface area contributed by atoms with Gasteiger partial charge in [-0.15, -0.1) is 6.58 Å². The first kappa shape index (κ1) is 26.6. The normalized spacial score (nSPS) is 11.5. The van der Waals surface area contributed by atoms with Gasteiger partial charge in [0.1, 0.15) is 13.1 Å². The summed E-state index contributed by atoms with van der Waals surface area (Å²) in [6, 6.07) is 9.85. The van der Waals surface area contributed by atoms with Crippen LogP contribution in [0, 0.1) is 0 Å². The Morgan fingerprint density at radius 3 is 2.14 bits per heavy atom. The van der Waals surface area contributed by atoms with E-state index >= 15 is 0 Å². The summed E-state index contributed by atoms with van der Waals surface area (Å²) in [7, 11) is 0. The molecule has 36 heavy (non-hydrogen) atoms. The minimum absolute atomic E-state index is 0.0209. The summed E-state index contributed by atoms with van der Waals surface area (Å²) in [6.45, 7) is 8.17. The van der Waals surface area contributed by atoms with Gasteiger partial charge in [-0.1, -0.05) is 6.08 Å². The van der Waals surface area contributed by atoms with E-state index in [4.69, 9.17) is 5.73 Å². The number of amides is 2. The molecule has 2 amide bonds. The van der Waals surface area contributed by atoms with Gasteiger partial charge >= 0.3 is 11.9 Å². The van der Waals surface area contributed by atoms with Gasteiger partial charge in [-0.05, 0) is 56.3 Å². The van der Waals surface area contributed by atoms with E-state index in [-0.39, 0.29) is 17.6 Å². The summed E-state index contributed by atoms with van der Waals surface area (Å²) in [5, 5.41) is 0. The fourth-order valence-corrected chi connectivity index (χ4v) is 4.09. The maximum absolute atomic E-state index is 13.3. The Labute approximate surface area is 206 Å². The number of benzene rings is 2. The van der Waals surface area contributed by atoms with Crippen LogP contribution in [0.5, 0.6) is 0 Å². The molecule has 0 aliphatic heterocycles. The lowest BCUT2D eigenvalue weighted by Gasteiger charge is -2.24. The smallest absolute Gasteiger partial charge is 0.372 e. The van der Waals surface area contributed by atoms with E-state index in [1.54, 1.807) is 12.1 Å². The highest BCUT2D eigenvalue weighted by molar-refractivity contribution is 5.99. The summed E-state index contributed by atoms with van der Waals surface area (Å²) >= 11 is 0. The lowest BCUT2D eigenvalue weighted by molar-refractivity contribution is -0.137. The van der Waals surface area contributed by atoms with E-state index in [2.05, 4.69) is 11.5 Å². The number of nitrogens with two attached hydrogens (primary N) is 1. The second-order valence-electron chi connectivity index (χ2n) is 8.10. The molecule has 0 atom stereocenters. The molecule has 3 aromatic rings. The van der Waals surface area contributed by atoms with E-state index in [0.717, 1.165) is 51.0 Å². The van der Waals surface area contributed by atoms with Gasteiger partial charge in [0.25, 0.3) is 0 Å². The van der Waals surface area contributed by atoms with Crippen molar-refractivity contribution in [1.29, 1.82) is 0 Å². The van der Waals surface area contributed by atoms with Gasteiger partial charge < -0.3 is 15.5 Å². The largest absolute Gasteiger partial charge is 0.416 e. The van der Waals surface area contributed by atoms with Gasteiger partial charge in [0.2, 0.25) is 11.8 Å². The number of allylic oxidation sites excluding steroid dienone is 1. The number of carbonyl (C=O) groups excluding carboxylic acids is 2. The van der Waals surface area contributed by atoms with E-state index in [1.165, 1.54) is 6.08 Å². The zero-order valence-electron chi connectivity index (χ0n) is 20.1. The predicted molar refractivity (Wildman–Crippen MR) is 133 cm³/mol. The van der Waals surface area contributed by atoms with Crippen LogP contribution >= 0.6 is 0 Å². The Balaban J connectivity index is 2.02. The molecular formula is C25H28F3N5O3. The third-order valence-corrected chi connectivity index (χ3v) is 5.86. The monoisotopic (exact) mass is 503 g/mol. The molecule has 11 heteroatoms. The van der Waals surface area contributed by atoms with Gasteiger partial charge in [0.05, 0.1) is 16.6 Å². The van der Waals surface area contributed by atoms with Gasteiger partial charge in [-0.3, -0.25) is 18.7 Å². The second-order valence-corrected chi connectivity index (χ2v) is 8.10. The van der Waals surface area contributed by atoms with E-state index < -0.39 is 42.3 Å². The number of carbonyl (C=O) groups is 2. The van der Waals surface area contributed by atoms with Crippen molar-refractivity contribution in [3.05, 3.63) is 71.2 Å². The highest BCUT2D eigenvalue weighted by atomic mass is 19.4. The first-order valence-corrected chi connectivity index (χ1v) is 11.4. The van der Waals surface area contributed by atoms with Gasteiger partial charge in [-0.2, -0.15) is 13.2 Å². The number of imidazole rings is 1. The molecular weight excluding hydrogens is 475 g/mol. The third-order valence-electron chi connectivity index (χ3n) is 5.86. The summed E-state index contributed by atoms with van der Waals surface area (Å²) in [5.41, 5.74) is 5.29. The topological polar surface area (TPSA) is 93.6 Å². The zero-order chi connectivity index (χ0) is 26.6. The van der Waals surface area contributed by atoms with Crippen molar-refractivity contribution in [3.63, 3.8) is 0 Å². The summed E-state index contributed by atoms with van der Waals surface area (Å²) < 4.78 is 42.0. The van der Waals surface area contributed by atoms with E-state index in [0.29, 0.717) is 5.69 Å². The van der Waals surface area contributed by atoms with Crippen LogP contribution in [-0.2, 0) is 28.9 Å². The second kappa shape index (κ2) is 10.7. The standard InChI is InChI=1S/C25H28F3N5O3/c1-4-13-31-21-14-17(25(26,27)28)7-12-20(21)33(24(31)36)16-23(35)32(15-22(29)34)19-10-8-18(9-11-19)30(5-2)6-3/h4,7-12,14H,1,5-6,13,15-16H2,2-3H3,(H2,29,34). The number of aromatic nitrogens is 2. The maximum Gasteiger partial charge on any atom is 0.416 e. The molecule has 0 spiro atoms. The number of halogens is 3. The molecule has 0 saturated heterocycles. The van der Waals surface area contributed by atoms with Gasteiger partial charge in [0.15, 0.2) is 0 Å². The lowest BCUT2D eigenvalue weighted by atomic mass is 10.2. The Morgan fingerprint density at radius 1 is 1.00 bits per heavy atom. The molecule has 2 N–H and O–H groups in total. The van der Waals surface area contributed by atoms with E-state index in [9.17, 15) is 27.6 Å². The molecule has 0 saturated carbocycles. The van der Waals surface area contributed by atoms with Crippen LogP contribution in [0.1, 0.15) is 19.4 Å². The number of anilines is 2. The fourth-order valence-electron chi connectivity index (χ4n) is 4.09. The first-order chi connectivity index (χ1) is 17.0. The van der Waals surface area contributed by atoms with Crippen molar-refractivity contribution >= 4 is 34.2 Å². The fraction of sp³-hybridized carbons (Fsp3) is 0.320. The number of alkyl halides is 3. The number of rotatable bonds is 10. The number of hydrogen-bond donors (Lipinski definition) is 1. The van der Waals surface area contributed by atoms with Crippen molar-refractivity contribution < 1.29 is 22.8 Å². The molecule has 0 bridgehead atoms. The van der Waals surface area contributed by atoms with Gasteiger partial charge in [0, 0.05) is 31.0 Å². The van der Waals surface area contributed by atoms with Crippen LogP contribution in [0.2, 0.25) is 0 Å². The molecule has 0 aliphatic rings. The first-order valence-electron chi connectivity index (χ1n) is 11.4. The average Bonchev–Trinajstić information content (AvgIpc) is 3.09. The molecule has 8 nitrogen and oxygen atoms in total. The molecule has 0 unspecified atom stereocenters. The molecule has 0 fully saturated rings. The molecule has 1 heterocycles. The average molecular weight is 504 g/mol. The van der Waals surface area contributed by atoms with Crippen molar-refractivity contribution in [2.24, 2.45) is 5.73 Å². The maximum atomic E-state index is 13.3. The highest BCUT2D eigenvalue weighted by Gasteiger charge is 2.31. The van der Waals surface area contributed by atoms with Crippen LogP contribution in [0.15, 0.2) is 59.9 Å². The van der Waals surface area contributed by atoms with Crippen LogP contribution in [0.25, 0.3) is 11.0 Å². The highest BCUT2D eigenvalue weighted by Crippen LogP contribution is 2.31. The molecule has 0 aliphatic carbocycles. The SMILES string of the molecule is C=CCn1c(=O)n(CC(=O)N(CC(N)=O)c2ccc(N(CC)CC)cc2)c2ccc(C(F)(F)F)cc21. The Hall–Kier alpha value is -4.02. The predicted octanol–water partition coefficient (Wildman–Crippen LogP) is 3.37. The minimum Gasteiger partial charge on any atom is -0.372 e. The van der Waals surface area contributed by atoms with Crippen molar-refractivity contribution in [2.45, 2.75) is 33.1 Å². The van der Waals surface area contributed by atoms with Crippen molar-refractivity contribution in [3.8, 4) is 0 Å². The van der Waals surface area contributed by atoms with Crippen LogP contribution in [-0.4, -0.2) is 40.6 Å². The molecule has 2 aromatic carbocycles. The van der Waals surface area contributed by atoms with Crippen LogP contribution in [0.4, 0.5) is 24.5 Å². The Morgan fingerprint density at radius 2 is 1.61 bits per heavy atom. The van der Waals surface area contributed by atoms with Gasteiger partial charge in [-0.25, -0.2) is 4.79 Å². The molecule has 0 radical (unpaired) electrons. The quantitative estimate of drug-likeness (QED) is 0.430. The molecule has 192 valence electrons. The van der Waals surface area contributed by atoms with Crippen LogP contribution < -0.4 is 21.2 Å².